The van der Waals surface area contributed by atoms with Gasteiger partial charge in [-0.1, -0.05) is 0 Å². The lowest BCUT2D eigenvalue weighted by molar-refractivity contribution is -0.0657. The Hall–Kier alpha value is -0.0800. The van der Waals surface area contributed by atoms with Crippen LogP contribution >= 0.6 is 0 Å². The molecule has 10 heavy (non-hydrogen) atoms. The van der Waals surface area contributed by atoms with Crippen molar-refractivity contribution < 1.29 is 9.47 Å². The number of rotatable bonds is 0. The van der Waals surface area contributed by atoms with Crippen LogP contribution in [0.25, 0.3) is 0 Å². The molecule has 2 aliphatic rings. The third-order valence-corrected chi connectivity index (χ3v) is 2.61. The van der Waals surface area contributed by atoms with Crippen LogP contribution in [0.15, 0.2) is 0 Å². The maximum Gasteiger partial charge on any atom is 0.0700 e. The van der Waals surface area contributed by atoms with Gasteiger partial charge in [0.05, 0.1) is 13.2 Å². The molecule has 1 saturated carbocycles. The zero-order valence-corrected chi connectivity index (χ0v) is 6.21. The van der Waals surface area contributed by atoms with E-state index < -0.39 is 0 Å². The molecule has 2 nitrogen and oxygen atoms in total. The van der Waals surface area contributed by atoms with Gasteiger partial charge in [0.1, 0.15) is 0 Å². The van der Waals surface area contributed by atoms with E-state index in [-0.39, 0.29) is 0 Å². The third-order valence-electron chi connectivity index (χ3n) is 2.61. The van der Waals surface area contributed by atoms with E-state index in [0.717, 1.165) is 38.3 Å². The molecule has 2 heteroatoms. The Morgan fingerprint density at radius 3 is 1.70 bits per heavy atom. The van der Waals surface area contributed by atoms with Crippen LogP contribution in [-0.2, 0) is 9.47 Å². The summed E-state index contributed by atoms with van der Waals surface area (Å²) in [7, 11) is 0. The first-order chi connectivity index (χ1) is 4.97. The van der Waals surface area contributed by atoms with Gasteiger partial charge >= 0.3 is 0 Å². The summed E-state index contributed by atoms with van der Waals surface area (Å²) < 4.78 is 10.8. The highest BCUT2D eigenvalue weighted by Gasteiger charge is 2.31. The Morgan fingerprint density at radius 1 is 0.800 bits per heavy atom. The average Bonchev–Trinajstić information content (AvgIpc) is 1.89. The molecular weight excluding hydrogens is 128 g/mol. The molecule has 0 radical (unpaired) electrons. The van der Waals surface area contributed by atoms with Crippen LogP contribution in [0.2, 0.25) is 0 Å². The summed E-state index contributed by atoms with van der Waals surface area (Å²) in [6.45, 7) is 3.55. The maximum atomic E-state index is 5.38. The van der Waals surface area contributed by atoms with Gasteiger partial charge in [-0.2, -0.15) is 0 Å². The van der Waals surface area contributed by atoms with Gasteiger partial charge in [-0.15, -0.1) is 0 Å². The van der Waals surface area contributed by atoms with Crippen LogP contribution < -0.4 is 0 Å². The summed E-state index contributed by atoms with van der Waals surface area (Å²) in [6.07, 6.45) is 2.71. The molecule has 0 spiro atoms. The third kappa shape index (κ3) is 1.18. The van der Waals surface area contributed by atoms with Crippen molar-refractivity contribution in [3.63, 3.8) is 0 Å². The summed E-state index contributed by atoms with van der Waals surface area (Å²) in [4.78, 5) is 0. The minimum atomic E-state index is 0.795. The normalized spacial score (nSPS) is 40.8. The standard InChI is InChI=1S/C8H14O2/c1-2-8-6-10-4-3-9-5-7(1)8/h7-8H,1-6H2. The second-order valence-electron chi connectivity index (χ2n) is 3.25. The van der Waals surface area contributed by atoms with Crippen molar-refractivity contribution in [1.29, 1.82) is 0 Å². The summed E-state index contributed by atoms with van der Waals surface area (Å²) in [5.74, 6) is 1.64. The van der Waals surface area contributed by atoms with Crippen LogP contribution in [0.3, 0.4) is 0 Å². The lowest BCUT2D eigenvalue weighted by atomic mass is 9.74. The number of fused-ring (bicyclic) bond motifs is 1. The molecule has 0 aromatic rings. The minimum Gasteiger partial charge on any atom is -0.379 e. The van der Waals surface area contributed by atoms with E-state index in [1.807, 2.05) is 0 Å². The largest absolute Gasteiger partial charge is 0.379 e. The van der Waals surface area contributed by atoms with Gasteiger partial charge < -0.3 is 9.47 Å². The van der Waals surface area contributed by atoms with Crippen LogP contribution in [0.4, 0.5) is 0 Å². The lowest BCUT2D eigenvalue weighted by Crippen LogP contribution is -2.36. The van der Waals surface area contributed by atoms with Crippen LogP contribution in [0.1, 0.15) is 12.8 Å². The Labute approximate surface area is 61.5 Å². The molecule has 0 aromatic heterocycles. The fourth-order valence-electron chi connectivity index (χ4n) is 1.66. The Kier molecular flexibility index (Phi) is 1.91. The van der Waals surface area contributed by atoms with E-state index in [0.29, 0.717) is 0 Å². The Balaban J connectivity index is 1.83. The van der Waals surface area contributed by atoms with Crippen molar-refractivity contribution in [1.82, 2.24) is 0 Å². The molecule has 1 saturated heterocycles. The molecule has 1 aliphatic heterocycles. The van der Waals surface area contributed by atoms with Gasteiger partial charge in [0.2, 0.25) is 0 Å². The molecule has 1 heterocycles. The van der Waals surface area contributed by atoms with E-state index in [9.17, 15) is 0 Å². The number of ether oxygens (including phenoxy) is 2. The molecule has 2 rings (SSSR count). The zero-order chi connectivity index (χ0) is 6.81. The first kappa shape index (κ1) is 6.62. The van der Waals surface area contributed by atoms with Gasteiger partial charge in [0.25, 0.3) is 0 Å². The SMILES string of the molecule is C1COCC2CCC2CO1. The van der Waals surface area contributed by atoms with E-state index >= 15 is 0 Å². The van der Waals surface area contributed by atoms with Crippen molar-refractivity contribution >= 4 is 0 Å². The van der Waals surface area contributed by atoms with Gasteiger partial charge in [-0.05, 0) is 24.7 Å². The van der Waals surface area contributed by atoms with Crippen molar-refractivity contribution in [3.8, 4) is 0 Å². The summed E-state index contributed by atoms with van der Waals surface area (Å²) in [6, 6.07) is 0. The zero-order valence-electron chi connectivity index (χ0n) is 6.21. The first-order valence-corrected chi connectivity index (χ1v) is 4.12. The molecule has 2 fully saturated rings. The van der Waals surface area contributed by atoms with Crippen molar-refractivity contribution in [3.05, 3.63) is 0 Å². The minimum absolute atomic E-state index is 0.795. The van der Waals surface area contributed by atoms with E-state index in [1.165, 1.54) is 12.8 Å². The van der Waals surface area contributed by atoms with Crippen molar-refractivity contribution in [2.24, 2.45) is 11.8 Å². The van der Waals surface area contributed by atoms with Gasteiger partial charge in [-0.25, -0.2) is 0 Å². The molecule has 0 aromatic carbocycles. The number of hydrogen-bond donors (Lipinski definition) is 0. The first-order valence-electron chi connectivity index (χ1n) is 4.12. The average molecular weight is 142 g/mol. The highest BCUT2D eigenvalue weighted by atomic mass is 16.5. The van der Waals surface area contributed by atoms with Gasteiger partial charge in [-0.3, -0.25) is 0 Å². The topological polar surface area (TPSA) is 18.5 Å². The van der Waals surface area contributed by atoms with Crippen molar-refractivity contribution in [2.75, 3.05) is 26.4 Å². The summed E-state index contributed by atoms with van der Waals surface area (Å²) in [5.41, 5.74) is 0. The summed E-state index contributed by atoms with van der Waals surface area (Å²) >= 11 is 0. The molecule has 0 amide bonds. The van der Waals surface area contributed by atoms with E-state index in [1.54, 1.807) is 0 Å². The second kappa shape index (κ2) is 2.89. The summed E-state index contributed by atoms with van der Waals surface area (Å²) in [5, 5.41) is 0. The molecule has 2 unspecified atom stereocenters. The van der Waals surface area contributed by atoms with E-state index in [4.69, 9.17) is 9.47 Å². The predicted octanol–water partition coefficient (Wildman–Crippen LogP) is 1.06. The Morgan fingerprint density at radius 2 is 1.30 bits per heavy atom. The van der Waals surface area contributed by atoms with Crippen LogP contribution in [-0.4, -0.2) is 26.4 Å². The van der Waals surface area contributed by atoms with Gasteiger partial charge in [0.15, 0.2) is 0 Å². The smallest absolute Gasteiger partial charge is 0.0700 e. The van der Waals surface area contributed by atoms with Crippen molar-refractivity contribution in [2.45, 2.75) is 12.8 Å². The molecular formula is C8H14O2. The molecule has 1 aliphatic carbocycles. The molecule has 0 bridgehead atoms. The van der Waals surface area contributed by atoms with Gasteiger partial charge in [0, 0.05) is 13.2 Å². The fourth-order valence-corrected chi connectivity index (χ4v) is 1.66. The number of hydrogen-bond acceptors (Lipinski definition) is 2. The highest BCUT2D eigenvalue weighted by molar-refractivity contribution is 4.80. The van der Waals surface area contributed by atoms with Crippen LogP contribution in [0.5, 0.6) is 0 Å². The monoisotopic (exact) mass is 142 g/mol. The molecule has 2 atom stereocenters. The highest BCUT2D eigenvalue weighted by Crippen LogP contribution is 2.35. The quantitative estimate of drug-likeness (QED) is 0.503. The molecule has 58 valence electrons. The lowest BCUT2D eigenvalue weighted by Gasteiger charge is -2.37. The Bertz CT molecular complexity index is 99.8. The molecule has 0 N–H and O–H groups in total. The van der Waals surface area contributed by atoms with E-state index in [2.05, 4.69) is 0 Å². The van der Waals surface area contributed by atoms with Crippen LogP contribution in [0, 0.1) is 11.8 Å². The maximum absolute atomic E-state index is 5.38. The predicted molar refractivity (Wildman–Crippen MR) is 37.9 cm³/mol. The fraction of sp³-hybridized carbons (Fsp3) is 1.00. The second-order valence-corrected chi connectivity index (χ2v) is 3.25.